The fourth-order valence-electron chi connectivity index (χ4n) is 5.50. The van der Waals surface area contributed by atoms with Crippen molar-refractivity contribution in [3.8, 4) is 0 Å². The first-order valence-electron chi connectivity index (χ1n) is 13.2. The van der Waals surface area contributed by atoms with Gasteiger partial charge in [0.05, 0.1) is 38.2 Å². The maximum atomic E-state index is 13.9. The van der Waals surface area contributed by atoms with Gasteiger partial charge in [-0.05, 0) is 23.8 Å². The Kier molecular flexibility index (Phi) is 7.82. The van der Waals surface area contributed by atoms with E-state index in [-0.39, 0.29) is 11.8 Å². The van der Waals surface area contributed by atoms with Crippen LogP contribution >= 0.6 is 0 Å². The van der Waals surface area contributed by atoms with Crippen molar-refractivity contribution in [3.05, 3.63) is 65.4 Å². The molecule has 0 saturated carbocycles. The SMILES string of the molecule is CC1(C)CN(CCN2CCOCC2)C(c2ccccc2)/C(=C/c2cccc(N3CCOCC3)n2)C1=O. The molecule has 36 heavy (non-hydrogen) atoms. The number of carbonyl (C=O) groups is 1. The van der Waals surface area contributed by atoms with E-state index in [1.54, 1.807) is 0 Å². The Morgan fingerprint density at radius 1 is 0.917 bits per heavy atom. The Morgan fingerprint density at radius 2 is 1.61 bits per heavy atom. The number of pyridine rings is 1. The van der Waals surface area contributed by atoms with Gasteiger partial charge >= 0.3 is 0 Å². The van der Waals surface area contributed by atoms with Crippen molar-refractivity contribution in [1.29, 1.82) is 0 Å². The number of morpholine rings is 2. The molecular weight excluding hydrogens is 452 g/mol. The second-order valence-electron chi connectivity index (χ2n) is 10.6. The molecule has 0 amide bonds. The van der Waals surface area contributed by atoms with Crippen molar-refractivity contribution < 1.29 is 14.3 Å². The second kappa shape index (κ2) is 11.2. The zero-order chi connectivity index (χ0) is 25.0. The molecule has 0 aliphatic carbocycles. The summed E-state index contributed by atoms with van der Waals surface area (Å²) < 4.78 is 11.0. The molecule has 5 rings (SSSR count). The van der Waals surface area contributed by atoms with Crippen LogP contribution in [-0.4, -0.2) is 92.8 Å². The molecule has 3 saturated heterocycles. The summed E-state index contributed by atoms with van der Waals surface area (Å²) in [5.41, 5.74) is 2.34. The monoisotopic (exact) mass is 490 g/mol. The van der Waals surface area contributed by atoms with Crippen molar-refractivity contribution in [2.45, 2.75) is 19.9 Å². The molecule has 0 bridgehead atoms. The van der Waals surface area contributed by atoms with Gasteiger partial charge in [-0.3, -0.25) is 14.6 Å². The van der Waals surface area contributed by atoms with Crippen LogP contribution in [0, 0.1) is 5.41 Å². The van der Waals surface area contributed by atoms with Crippen molar-refractivity contribution in [2.24, 2.45) is 5.41 Å². The number of anilines is 1. The number of nitrogens with zero attached hydrogens (tertiary/aromatic N) is 4. The minimum Gasteiger partial charge on any atom is -0.379 e. The Labute approximate surface area is 214 Å². The lowest BCUT2D eigenvalue weighted by Gasteiger charge is -2.45. The van der Waals surface area contributed by atoms with E-state index in [0.717, 1.165) is 81.7 Å². The zero-order valence-electron chi connectivity index (χ0n) is 21.6. The highest BCUT2D eigenvalue weighted by molar-refractivity contribution is 6.05. The average molecular weight is 491 g/mol. The van der Waals surface area contributed by atoms with Crippen molar-refractivity contribution in [3.63, 3.8) is 0 Å². The molecular formula is C29H38N4O3. The number of piperidine rings is 1. The van der Waals surface area contributed by atoms with Gasteiger partial charge in [-0.25, -0.2) is 4.98 Å². The van der Waals surface area contributed by atoms with Gasteiger partial charge in [0, 0.05) is 56.8 Å². The molecule has 3 fully saturated rings. The number of carbonyl (C=O) groups excluding carboxylic acids is 1. The van der Waals surface area contributed by atoms with E-state index < -0.39 is 5.41 Å². The second-order valence-corrected chi connectivity index (χ2v) is 10.6. The minimum absolute atomic E-state index is 0.0957. The van der Waals surface area contributed by atoms with Crippen molar-refractivity contribution in [2.75, 3.05) is 77.1 Å². The fourth-order valence-corrected chi connectivity index (χ4v) is 5.50. The van der Waals surface area contributed by atoms with Crippen LogP contribution in [0.1, 0.15) is 31.1 Å². The van der Waals surface area contributed by atoms with Crippen LogP contribution in [0.2, 0.25) is 0 Å². The van der Waals surface area contributed by atoms with Crippen LogP contribution in [0.5, 0.6) is 0 Å². The highest BCUT2D eigenvalue weighted by Crippen LogP contribution is 2.41. The summed E-state index contributed by atoms with van der Waals surface area (Å²) >= 11 is 0. The fraction of sp³-hybridized carbons (Fsp3) is 0.517. The molecule has 192 valence electrons. The molecule has 1 aromatic carbocycles. The van der Waals surface area contributed by atoms with E-state index in [9.17, 15) is 4.79 Å². The quantitative estimate of drug-likeness (QED) is 0.576. The van der Waals surface area contributed by atoms with Gasteiger partial charge < -0.3 is 14.4 Å². The van der Waals surface area contributed by atoms with Gasteiger partial charge in [0.25, 0.3) is 0 Å². The van der Waals surface area contributed by atoms with Gasteiger partial charge in [0.1, 0.15) is 5.82 Å². The molecule has 4 heterocycles. The van der Waals surface area contributed by atoms with Crippen LogP contribution in [0.15, 0.2) is 54.1 Å². The summed E-state index contributed by atoms with van der Waals surface area (Å²) in [5, 5.41) is 0. The topological polar surface area (TPSA) is 58.1 Å². The van der Waals surface area contributed by atoms with E-state index in [2.05, 4.69) is 52.8 Å². The molecule has 0 radical (unpaired) electrons. The number of benzene rings is 1. The summed E-state index contributed by atoms with van der Waals surface area (Å²) in [6, 6.07) is 16.4. The number of likely N-dealkylation sites (tertiary alicyclic amines) is 1. The number of rotatable bonds is 6. The molecule has 1 atom stereocenters. The molecule has 1 aromatic heterocycles. The zero-order valence-corrected chi connectivity index (χ0v) is 21.6. The van der Waals surface area contributed by atoms with Gasteiger partial charge in [0.15, 0.2) is 5.78 Å². The molecule has 3 aliphatic rings. The van der Waals surface area contributed by atoms with E-state index in [0.29, 0.717) is 13.2 Å². The van der Waals surface area contributed by atoms with Crippen LogP contribution in [0.25, 0.3) is 6.08 Å². The first-order chi connectivity index (χ1) is 17.5. The predicted molar refractivity (Wildman–Crippen MR) is 142 cm³/mol. The predicted octanol–water partition coefficient (Wildman–Crippen LogP) is 3.29. The van der Waals surface area contributed by atoms with Crippen molar-refractivity contribution >= 4 is 17.7 Å². The highest BCUT2D eigenvalue weighted by atomic mass is 16.5. The first-order valence-corrected chi connectivity index (χ1v) is 13.2. The Hall–Kier alpha value is -2.58. The lowest BCUT2D eigenvalue weighted by Crippen LogP contribution is -2.51. The van der Waals surface area contributed by atoms with Gasteiger partial charge in [-0.15, -0.1) is 0 Å². The summed E-state index contributed by atoms with van der Waals surface area (Å²) in [6.45, 7) is 13.4. The summed E-state index contributed by atoms with van der Waals surface area (Å²) in [7, 11) is 0. The third kappa shape index (κ3) is 5.70. The summed E-state index contributed by atoms with van der Waals surface area (Å²) in [5.74, 6) is 1.15. The van der Waals surface area contributed by atoms with Gasteiger partial charge in [-0.1, -0.05) is 50.2 Å². The third-order valence-corrected chi connectivity index (χ3v) is 7.45. The molecule has 7 heteroatoms. The molecule has 0 spiro atoms. The largest absolute Gasteiger partial charge is 0.379 e. The van der Waals surface area contributed by atoms with Gasteiger partial charge in [0.2, 0.25) is 0 Å². The van der Waals surface area contributed by atoms with Crippen LogP contribution in [0.4, 0.5) is 5.82 Å². The Balaban J connectivity index is 1.49. The number of hydrogen-bond donors (Lipinski definition) is 0. The standard InChI is InChI=1S/C29H38N4O3/c1-29(2)22-33(12-11-31-13-17-35-18-14-31)27(23-7-4-3-5-8-23)25(28(29)34)21-24-9-6-10-26(30-24)32-15-19-36-20-16-32/h3-10,21,27H,11-20,22H2,1-2H3/b25-21-. The van der Waals surface area contributed by atoms with E-state index in [1.165, 1.54) is 0 Å². The normalized spacial score (nSPS) is 24.8. The Morgan fingerprint density at radius 3 is 2.33 bits per heavy atom. The minimum atomic E-state index is -0.468. The van der Waals surface area contributed by atoms with Crippen LogP contribution < -0.4 is 4.90 Å². The molecule has 7 nitrogen and oxygen atoms in total. The number of hydrogen-bond acceptors (Lipinski definition) is 7. The van der Waals surface area contributed by atoms with Crippen molar-refractivity contribution in [1.82, 2.24) is 14.8 Å². The molecule has 3 aliphatic heterocycles. The maximum absolute atomic E-state index is 13.9. The lowest BCUT2D eigenvalue weighted by molar-refractivity contribution is -0.128. The van der Waals surface area contributed by atoms with E-state index in [4.69, 9.17) is 14.5 Å². The molecule has 0 N–H and O–H groups in total. The third-order valence-electron chi connectivity index (χ3n) is 7.45. The van der Waals surface area contributed by atoms with E-state index >= 15 is 0 Å². The maximum Gasteiger partial charge on any atom is 0.167 e. The summed E-state index contributed by atoms with van der Waals surface area (Å²) in [4.78, 5) is 26.0. The van der Waals surface area contributed by atoms with Crippen LogP contribution in [-0.2, 0) is 14.3 Å². The number of aromatic nitrogens is 1. The molecule has 2 aromatic rings. The lowest BCUT2D eigenvalue weighted by atomic mass is 9.74. The van der Waals surface area contributed by atoms with Crippen LogP contribution in [0.3, 0.4) is 0 Å². The number of Topliss-reactive ketones (excluding diaryl/α,β-unsaturated/α-hetero) is 1. The number of ether oxygens (including phenoxy) is 2. The highest BCUT2D eigenvalue weighted by Gasteiger charge is 2.43. The smallest absolute Gasteiger partial charge is 0.167 e. The number of ketones is 1. The Bertz CT molecular complexity index is 1060. The van der Waals surface area contributed by atoms with E-state index in [1.807, 2.05) is 30.3 Å². The summed E-state index contributed by atoms with van der Waals surface area (Å²) in [6.07, 6.45) is 2.03. The van der Waals surface area contributed by atoms with Gasteiger partial charge in [-0.2, -0.15) is 0 Å². The first kappa shape index (κ1) is 25.1. The molecule has 1 unspecified atom stereocenters. The average Bonchev–Trinajstić information content (AvgIpc) is 2.92.